The maximum Gasteiger partial charge on any atom is 0.303 e. The summed E-state index contributed by atoms with van der Waals surface area (Å²) in [5, 5.41) is 8.76. The minimum atomic E-state index is -0.764. The van der Waals surface area contributed by atoms with E-state index in [9.17, 15) is 4.79 Å². The van der Waals surface area contributed by atoms with Gasteiger partial charge >= 0.3 is 5.97 Å². The average molecular weight is 353 g/mol. The summed E-state index contributed by atoms with van der Waals surface area (Å²) >= 11 is 0. The number of hydrogen-bond acceptors (Lipinski definition) is 6. The van der Waals surface area contributed by atoms with Crippen LogP contribution in [-0.2, 0) is 14.3 Å². The van der Waals surface area contributed by atoms with Crippen LogP contribution in [-0.4, -0.2) is 75.3 Å². The fourth-order valence-electron chi connectivity index (χ4n) is 2.49. The summed E-state index contributed by atoms with van der Waals surface area (Å²) in [5.74, 6) is 0.646. The molecule has 2 rings (SSSR count). The van der Waals surface area contributed by atoms with Crippen molar-refractivity contribution in [2.24, 2.45) is 0 Å². The lowest BCUT2D eigenvalue weighted by Crippen LogP contribution is -2.32. The normalized spacial score (nSPS) is 18.1. The second-order valence-electron chi connectivity index (χ2n) is 5.71. The molecule has 7 heteroatoms. The number of benzene rings is 1. The van der Waals surface area contributed by atoms with Crippen molar-refractivity contribution in [3.8, 4) is 11.5 Å². The highest BCUT2D eigenvalue weighted by Crippen LogP contribution is 2.26. The van der Waals surface area contributed by atoms with Gasteiger partial charge in [-0.15, -0.1) is 0 Å². The fourth-order valence-corrected chi connectivity index (χ4v) is 2.49. The van der Waals surface area contributed by atoms with Crippen molar-refractivity contribution >= 4 is 5.97 Å². The van der Waals surface area contributed by atoms with Crippen molar-refractivity contribution < 1.29 is 28.8 Å². The van der Waals surface area contributed by atoms with Crippen molar-refractivity contribution in [1.29, 1.82) is 0 Å². The zero-order valence-electron chi connectivity index (χ0n) is 14.5. The van der Waals surface area contributed by atoms with Gasteiger partial charge in [-0.2, -0.15) is 0 Å². The lowest BCUT2D eigenvalue weighted by atomic mass is 10.3. The molecule has 0 spiro atoms. The van der Waals surface area contributed by atoms with Gasteiger partial charge in [0.05, 0.1) is 26.4 Å². The van der Waals surface area contributed by atoms with Gasteiger partial charge in [0, 0.05) is 19.5 Å². The average Bonchev–Trinajstić information content (AvgIpc) is 2.61. The number of carboxylic acid groups (broad SMARTS) is 1. The third kappa shape index (κ3) is 8.20. The molecule has 0 aromatic heterocycles. The van der Waals surface area contributed by atoms with E-state index in [-0.39, 0.29) is 6.42 Å². The molecule has 1 aromatic rings. The van der Waals surface area contributed by atoms with E-state index in [1.165, 1.54) is 0 Å². The molecule has 0 radical (unpaired) electrons. The van der Waals surface area contributed by atoms with E-state index in [2.05, 4.69) is 4.90 Å². The van der Waals surface area contributed by atoms with Gasteiger partial charge in [-0.3, -0.25) is 9.69 Å². The molecule has 0 saturated carbocycles. The van der Waals surface area contributed by atoms with Crippen LogP contribution in [0.15, 0.2) is 24.3 Å². The Balaban J connectivity index is 1.81. The first kappa shape index (κ1) is 19.5. The van der Waals surface area contributed by atoms with Gasteiger partial charge in [0.2, 0.25) is 0 Å². The molecule has 25 heavy (non-hydrogen) atoms. The molecule has 0 saturated heterocycles. The van der Waals surface area contributed by atoms with E-state index in [1.54, 1.807) is 0 Å². The highest BCUT2D eigenvalue weighted by Gasteiger charge is 2.08. The van der Waals surface area contributed by atoms with Crippen LogP contribution in [0.5, 0.6) is 11.5 Å². The molecule has 0 fully saturated rings. The highest BCUT2D eigenvalue weighted by atomic mass is 16.6. The van der Waals surface area contributed by atoms with Gasteiger partial charge in [0.25, 0.3) is 0 Å². The standard InChI is InChI=1S/C18H27NO6/c20-18(21)6-3-7-19-8-10-22-12-14-24-16-4-1-2-5-17(16)25-15-13-23-11-9-19/h1-2,4-5H,3,6-15H2,(H,20,21). The van der Waals surface area contributed by atoms with Crippen LogP contribution in [0.1, 0.15) is 12.8 Å². The van der Waals surface area contributed by atoms with Gasteiger partial charge in [-0.25, -0.2) is 0 Å². The molecule has 0 amide bonds. The number of fused-ring (bicyclic) bond motifs is 1. The number of carbonyl (C=O) groups is 1. The fraction of sp³-hybridized carbons (Fsp3) is 0.611. The highest BCUT2D eigenvalue weighted by molar-refractivity contribution is 5.66. The van der Waals surface area contributed by atoms with Gasteiger partial charge in [-0.1, -0.05) is 12.1 Å². The van der Waals surface area contributed by atoms with Crippen LogP contribution in [0.3, 0.4) is 0 Å². The Morgan fingerprint density at radius 2 is 1.48 bits per heavy atom. The van der Waals surface area contributed by atoms with E-state index in [0.717, 1.165) is 19.6 Å². The molecule has 0 atom stereocenters. The number of ether oxygens (including phenoxy) is 4. The van der Waals surface area contributed by atoms with E-state index < -0.39 is 5.97 Å². The topological polar surface area (TPSA) is 77.5 Å². The third-order valence-electron chi connectivity index (χ3n) is 3.79. The molecule has 1 aliphatic rings. The van der Waals surface area contributed by atoms with E-state index >= 15 is 0 Å². The van der Waals surface area contributed by atoms with Crippen LogP contribution in [0.2, 0.25) is 0 Å². The monoisotopic (exact) mass is 353 g/mol. The lowest BCUT2D eigenvalue weighted by molar-refractivity contribution is -0.137. The summed E-state index contributed by atoms with van der Waals surface area (Å²) in [6.45, 7) is 5.26. The van der Waals surface area contributed by atoms with Crippen LogP contribution in [0.25, 0.3) is 0 Å². The molecule has 7 nitrogen and oxygen atoms in total. The van der Waals surface area contributed by atoms with Crippen molar-refractivity contribution in [3.05, 3.63) is 24.3 Å². The zero-order valence-corrected chi connectivity index (χ0v) is 14.5. The number of aliphatic carboxylic acids is 1. The van der Waals surface area contributed by atoms with Gasteiger partial charge in [0.15, 0.2) is 11.5 Å². The van der Waals surface area contributed by atoms with Crippen LogP contribution >= 0.6 is 0 Å². The first-order valence-electron chi connectivity index (χ1n) is 8.70. The lowest BCUT2D eigenvalue weighted by Gasteiger charge is -2.21. The smallest absolute Gasteiger partial charge is 0.303 e. The predicted octanol–water partition coefficient (Wildman–Crippen LogP) is 1.66. The van der Waals surface area contributed by atoms with Crippen molar-refractivity contribution in [2.75, 3.05) is 59.3 Å². The Bertz CT molecular complexity index is 475. The van der Waals surface area contributed by atoms with Gasteiger partial charge in [0.1, 0.15) is 13.2 Å². The van der Waals surface area contributed by atoms with E-state index in [0.29, 0.717) is 57.6 Å². The summed E-state index contributed by atoms with van der Waals surface area (Å²) in [6.07, 6.45) is 0.801. The molecule has 0 bridgehead atoms. The Labute approximate surface area is 148 Å². The summed E-state index contributed by atoms with van der Waals surface area (Å²) in [4.78, 5) is 12.8. The maximum absolute atomic E-state index is 10.6. The molecule has 1 aromatic carbocycles. The molecule has 140 valence electrons. The molecular formula is C18H27NO6. The summed E-state index contributed by atoms with van der Waals surface area (Å²) in [6, 6.07) is 7.56. The Hall–Kier alpha value is -1.83. The SMILES string of the molecule is O=C(O)CCCN1CCOCCOc2ccccc2OCCOCC1. The number of rotatable bonds is 4. The largest absolute Gasteiger partial charge is 0.487 e. The minimum Gasteiger partial charge on any atom is -0.487 e. The Morgan fingerprint density at radius 1 is 0.920 bits per heavy atom. The van der Waals surface area contributed by atoms with E-state index in [1.807, 2.05) is 24.3 Å². The first-order chi connectivity index (χ1) is 12.3. The zero-order chi connectivity index (χ0) is 17.7. The molecule has 0 unspecified atom stereocenters. The Kier molecular flexibility index (Phi) is 9.11. The summed E-state index contributed by atoms with van der Waals surface area (Å²) < 4.78 is 22.7. The summed E-state index contributed by atoms with van der Waals surface area (Å²) in [5.41, 5.74) is 0. The second kappa shape index (κ2) is 11.7. The molecule has 1 N–H and O–H groups in total. The first-order valence-corrected chi connectivity index (χ1v) is 8.70. The van der Waals surface area contributed by atoms with Crippen molar-refractivity contribution in [1.82, 2.24) is 4.90 Å². The second-order valence-corrected chi connectivity index (χ2v) is 5.71. The third-order valence-corrected chi connectivity index (χ3v) is 3.79. The van der Waals surface area contributed by atoms with Crippen LogP contribution in [0.4, 0.5) is 0 Å². The van der Waals surface area contributed by atoms with Crippen molar-refractivity contribution in [3.63, 3.8) is 0 Å². The molecule has 1 aliphatic heterocycles. The number of para-hydroxylation sites is 2. The number of carboxylic acids is 1. The van der Waals surface area contributed by atoms with Crippen LogP contribution < -0.4 is 9.47 Å². The number of nitrogens with zero attached hydrogens (tertiary/aromatic N) is 1. The number of hydrogen-bond donors (Lipinski definition) is 1. The van der Waals surface area contributed by atoms with Crippen LogP contribution in [0, 0.1) is 0 Å². The molecular weight excluding hydrogens is 326 g/mol. The summed E-state index contributed by atoms with van der Waals surface area (Å²) in [7, 11) is 0. The Morgan fingerprint density at radius 3 is 2.00 bits per heavy atom. The maximum atomic E-state index is 10.6. The predicted molar refractivity (Wildman–Crippen MR) is 92.4 cm³/mol. The molecule has 1 heterocycles. The van der Waals surface area contributed by atoms with Gasteiger partial charge < -0.3 is 24.1 Å². The van der Waals surface area contributed by atoms with Gasteiger partial charge in [-0.05, 0) is 25.1 Å². The quantitative estimate of drug-likeness (QED) is 0.882. The minimum absolute atomic E-state index is 0.179. The van der Waals surface area contributed by atoms with E-state index in [4.69, 9.17) is 24.1 Å². The molecule has 0 aliphatic carbocycles. The van der Waals surface area contributed by atoms with Crippen molar-refractivity contribution in [2.45, 2.75) is 12.8 Å².